The minimum atomic E-state index is -2.06. The maximum atomic E-state index is 12.5. The second kappa shape index (κ2) is 21.3. The van der Waals surface area contributed by atoms with Gasteiger partial charge in [-0.3, -0.25) is 9.59 Å². The van der Waals surface area contributed by atoms with Gasteiger partial charge in [0.1, 0.15) is 116 Å². The fourth-order valence-corrected chi connectivity index (χ4v) is 7.67. The highest BCUT2D eigenvalue weighted by Gasteiger charge is 2.56. The van der Waals surface area contributed by atoms with Crippen LogP contribution in [-0.4, -0.2) is 263 Å². The lowest BCUT2D eigenvalue weighted by molar-refractivity contribution is -0.375. The van der Waals surface area contributed by atoms with E-state index in [9.17, 15) is 81.1 Å². The standard InChI is InChI=1S/C34H58N2O25/c1-8-17(42)21(46)25(50)33(54-8)61-29-16(36-10(3)41)30(52)55-13(6-39)28(29)60-31-15(35-9(2)40)20(45)27(12(5-38)57-31)59-34-26(51)23(48)19(44)14(58-34)7-53-32-24(49)22(47)18(43)11(4-37)56-32/h8,11-34,37-39,42-52H,4-7H2,1-3H3,(H,35,40)(H,36,41)/t8-,11-,12-,13-,14+,15-,16-,17+,18-,19+,20-,21+,22+,23-,24+,25-,26-,27-,28-,29-,30-,31+,32+,33-,34-/m1/s1. The van der Waals surface area contributed by atoms with Crippen LogP contribution >= 0.6 is 0 Å². The molecule has 0 aromatic rings. The van der Waals surface area contributed by atoms with Crippen molar-refractivity contribution < 1.29 is 124 Å². The highest BCUT2D eigenvalue weighted by molar-refractivity contribution is 5.73. The monoisotopic (exact) mass is 894 g/mol. The minimum absolute atomic E-state index is 0.732. The summed E-state index contributed by atoms with van der Waals surface area (Å²) < 4.78 is 51.4. The Morgan fingerprint density at radius 2 is 0.902 bits per heavy atom. The average Bonchev–Trinajstić information content (AvgIpc) is 3.22. The number of rotatable bonds is 14. The predicted octanol–water partition coefficient (Wildman–Crippen LogP) is -10.6. The molecule has 61 heavy (non-hydrogen) atoms. The van der Waals surface area contributed by atoms with Crippen molar-refractivity contribution in [1.82, 2.24) is 10.6 Å². The Balaban J connectivity index is 1.37. The zero-order valence-corrected chi connectivity index (χ0v) is 33.0. The molecule has 0 spiro atoms. The lowest BCUT2D eigenvalue weighted by Crippen LogP contribution is -2.71. The normalized spacial score (nSPS) is 49.6. The quantitative estimate of drug-likeness (QED) is 0.0770. The topological polar surface area (TPSA) is 424 Å². The van der Waals surface area contributed by atoms with E-state index in [0.29, 0.717) is 0 Å². The van der Waals surface area contributed by atoms with Crippen LogP contribution in [0.4, 0.5) is 0 Å². The summed E-state index contributed by atoms with van der Waals surface area (Å²) >= 11 is 0. The molecule has 0 aliphatic carbocycles. The van der Waals surface area contributed by atoms with Gasteiger partial charge in [-0.2, -0.15) is 0 Å². The fourth-order valence-electron chi connectivity index (χ4n) is 7.67. The summed E-state index contributed by atoms with van der Waals surface area (Å²) in [5, 5.41) is 152. The molecule has 0 aromatic heterocycles. The van der Waals surface area contributed by atoms with Crippen LogP contribution in [0.2, 0.25) is 0 Å². The lowest BCUT2D eigenvalue weighted by atomic mass is 9.93. The van der Waals surface area contributed by atoms with Crippen LogP contribution in [0.25, 0.3) is 0 Å². The molecule has 0 radical (unpaired) electrons. The molecule has 5 rings (SSSR count). The van der Waals surface area contributed by atoms with Gasteiger partial charge >= 0.3 is 0 Å². The molecule has 27 nitrogen and oxygen atoms in total. The van der Waals surface area contributed by atoms with E-state index in [2.05, 4.69) is 10.6 Å². The Morgan fingerprint density at radius 1 is 0.459 bits per heavy atom. The minimum Gasteiger partial charge on any atom is -0.394 e. The number of amides is 2. The third-order valence-electron chi connectivity index (χ3n) is 11.1. The van der Waals surface area contributed by atoms with E-state index in [-0.39, 0.29) is 0 Å². The highest BCUT2D eigenvalue weighted by atomic mass is 16.8. The SMILES string of the molecule is CC(=O)N[C@@H]1[C@@H](O[C@H]2O[C@H](C)[C@H](O)[C@H](O)[C@H]2O)[C@H](O[C@@H]2O[C@H](CO)[C@@H](O[C@H]3O[C@@H](CO[C@H]4O[C@H](CO)[C@@H](O)[C@H](O)[C@@H]4O)[C@H](O)[C@@H](O)[C@H]3O)[C@H](O)[C@H]2NC(C)=O)[C@@H](CO)O[C@H]1O. The van der Waals surface area contributed by atoms with Gasteiger partial charge in [0.15, 0.2) is 31.5 Å². The van der Waals surface area contributed by atoms with E-state index in [1.54, 1.807) is 0 Å². The second-order valence-corrected chi connectivity index (χ2v) is 15.4. The average molecular weight is 895 g/mol. The third kappa shape index (κ3) is 10.9. The van der Waals surface area contributed by atoms with E-state index in [1.807, 2.05) is 0 Å². The van der Waals surface area contributed by atoms with Crippen molar-refractivity contribution in [3.63, 3.8) is 0 Å². The van der Waals surface area contributed by atoms with Crippen molar-refractivity contribution in [2.45, 2.75) is 174 Å². The van der Waals surface area contributed by atoms with Crippen LogP contribution < -0.4 is 10.6 Å². The number of nitrogens with one attached hydrogen (secondary N) is 2. The molecule has 5 heterocycles. The van der Waals surface area contributed by atoms with E-state index in [4.69, 9.17) is 42.6 Å². The molecular weight excluding hydrogens is 836 g/mol. The van der Waals surface area contributed by atoms with Crippen LogP contribution in [0.3, 0.4) is 0 Å². The maximum Gasteiger partial charge on any atom is 0.217 e. The zero-order chi connectivity index (χ0) is 45.2. The Labute approximate surface area is 346 Å². The Bertz CT molecular complexity index is 1420. The summed E-state index contributed by atoms with van der Waals surface area (Å²) in [4.78, 5) is 24.8. The van der Waals surface area contributed by atoms with Crippen LogP contribution in [-0.2, 0) is 52.2 Å². The molecule has 5 aliphatic heterocycles. The molecule has 5 fully saturated rings. The van der Waals surface area contributed by atoms with Gasteiger partial charge in [-0.15, -0.1) is 0 Å². The molecular formula is C34H58N2O25. The first-order valence-corrected chi connectivity index (χ1v) is 19.4. The van der Waals surface area contributed by atoms with Gasteiger partial charge in [0, 0.05) is 13.8 Å². The lowest BCUT2D eigenvalue weighted by Gasteiger charge is -2.51. The van der Waals surface area contributed by atoms with Gasteiger partial charge in [0.25, 0.3) is 0 Å². The smallest absolute Gasteiger partial charge is 0.217 e. The van der Waals surface area contributed by atoms with Gasteiger partial charge in [0.2, 0.25) is 11.8 Å². The predicted molar refractivity (Wildman–Crippen MR) is 188 cm³/mol. The van der Waals surface area contributed by atoms with E-state index >= 15 is 0 Å². The van der Waals surface area contributed by atoms with Crippen molar-refractivity contribution in [3.05, 3.63) is 0 Å². The maximum absolute atomic E-state index is 12.5. The third-order valence-corrected chi connectivity index (χ3v) is 11.1. The van der Waals surface area contributed by atoms with Gasteiger partial charge < -0.3 is 125 Å². The number of aliphatic hydroxyl groups is 14. The first kappa shape index (κ1) is 50.0. The molecule has 0 unspecified atom stereocenters. The second-order valence-electron chi connectivity index (χ2n) is 15.4. The Hall–Kier alpha value is -1.98. The first-order chi connectivity index (χ1) is 28.7. The summed E-state index contributed by atoms with van der Waals surface area (Å²) in [6, 6.07) is -3.26. The molecule has 2 amide bonds. The summed E-state index contributed by atoms with van der Waals surface area (Å²) in [5.74, 6) is -1.52. The largest absolute Gasteiger partial charge is 0.394 e. The van der Waals surface area contributed by atoms with Gasteiger partial charge in [-0.1, -0.05) is 0 Å². The molecule has 0 aromatic carbocycles. The van der Waals surface area contributed by atoms with Crippen LogP contribution in [0, 0.1) is 0 Å². The van der Waals surface area contributed by atoms with E-state index < -0.39 is 192 Å². The number of hydrogen-bond donors (Lipinski definition) is 16. The van der Waals surface area contributed by atoms with Crippen molar-refractivity contribution in [1.29, 1.82) is 0 Å². The molecule has 0 saturated carbocycles. The van der Waals surface area contributed by atoms with Gasteiger partial charge in [-0.25, -0.2) is 0 Å². The fraction of sp³-hybridized carbons (Fsp3) is 0.941. The van der Waals surface area contributed by atoms with Gasteiger partial charge in [0.05, 0.1) is 32.5 Å². The van der Waals surface area contributed by atoms with Gasteiger partial charge in [-0.05, 0) is 6.92 Å². The van der Waals surface area contributed by atoms with Crippen molar-refractivity contribution in [2.24, 2.45) is 0 Å². The van der Waals surface area contributed by atoms with E-state index in [1.165, 1.54) is 6.92 Å². The van der Waals surface area contributed by atoms with Crippen molar-refractivity contribution in [3.8, 4) is 0 Å². The number of ether oxygens (including phenoxy) is 9. The molecule has 5 saturated heterocycles. The van der Waals surface area contributed by atoms with Crippen LogP contribution in [0.15, 0.2) is 0 Å². The van der Waals surface area contributed by atoms with E-state index in [0.717, 1.165) is 13.8 Å². The first-order valence-electron chi connectivity index (χ1n) is 19.4. The Kier molecular flexibility index (Phi) is 17.5. The highest BCUT2D eigenvalue weighted by Crippen LogP contribution is 2.35. The molecule has 5 aliphatic rings. The number of hydrogen-bond acceptors (Lipinski definition) is 25. The molecule has 27 heteroatoms. The number of aliphatic hydroxyl groups excluding tert-OH is 14. The summed E-state index contributed by atoms with van der Waals surface area (Å²) in [6.07, 6.45) is -40.2. The van der Waals surface area contributed by atoms with Crippen LogP contribution in [0.1, 0.15) is 20.8 Å². The number of carbonyl (C=O) groups excluding carboxylic acids is 2. The zero-order valence-electron chi connectivity index (χ0n) is 33.0. The molecule has 0 bridgehead atoms. The Morgan fingerprint density at radius 3 is 1.48 bits per heavy atom. The molecule has 354 valence electrons. The van der Waals surface area contributed by atoms with Crippen molar-refractivity contribution >= 4 is 11.8 Å². The number of carbonyl (C=O) groups is 2. The molecule has 25 atom stereocenters. The summed E-state index contributed by atoms with van der Waals surface area (Å²) in [6.45, 7) is 0.0602. The molecule has 16 N–H and O–H groups in total. The summed E-state index contributed by atoms with van der Waals surface area (Å²) in [5.41, 5.74) is 0. The van der Waals surface area contributed by atoms with Crippen LogP contribution in [0.5, 0.6) is 0 Å². The summed E-state index contributed by atoms with van der Waals surface area (Å²) in [7, 11) is 0. The van der Waals surface area contributed by atoms with Crippen molar-refractivity contribution in [2.75, 3.05) is 26.4 Å².